The first kappa shape index (κ1) is 32.2. The molecule has 6 rings (SSSR count). The zero-order chi connectivity index (χ0) is 31.5. The third kappa shape index (κ3) is 7.34. The number of hydrogen-bond acceptors (Lipinski definition) is 6. The summed E-state index contributed by atoms with van der Waals surface area (Å²) in [6.07, 6.45) is 6.16. The van der Waals surface area contributed by atoms with Gasteiger partial charge in [-0.25, -0.2) is 18.4 Å². The molecule has 8 nitrogen and oxygen atoms in total. The number of carbonyl (C=O) groups is 2. The normalized spacial score (nSPS) is 30.2. The molecule has 4 aliphatic rings. The van der Waals surface area contributed by atoms with Crippen molar-refractivity contribution in [1.29, 1.82) is 0 Å². The number of aliphatic hydroxyl groups excluding tert-OH is 2. The summed E-state index contributed by atoms with van der Waals surface area (Å²) in [6.45, 7) is 5.12. The minimum Gasteiger partial charge on any atom is -0.443 e. The quantitative estimate of drug-likeness (QED) is 0.393. The smallest absolute Gasteiger partial charge is 0.410 e. The Hall–Kier alpha value is -3.24. The number of nitrogens with zero attached hydrogens (tertiary/aromatic N) is 2. The van der Waals surface area contributed by atoms with Gasteiger partial charge in [-0.15, -0.1) is 0 Å². The van der Waals surface area contributed by atoms with Crippen LogP contribution >= 0.6 is 0 Å². The number of benzene rings is 2. The van der Waals surface area contributed by atoms with E-state index in [1.54, 1.807) is 34.1 Å². The van der Waals surface area contributed by atoms with Crippen LogP contribution in [0.4, 0.5) is 18.4 Å². The van der Waals surface area contributed by atoms with Crippen LogP contribution in [-0.4, -0.2) is 68.7 Å². The molecule has 2 aliphatic heterocycles. The standard InChI is InChI=1S/2C17H22FNO3/c2*1-12(13-2-4-14(18)5-3-13)19-11-10-17(22-16(19)21)8-6-15(20)7-9-17/h2*2-5,12,15,20H,6-11H2,1H3/t2*12-,15?,17?/m00/s1. The molecule has 44 heavy (non-hydrogen) atoms. The van der Waals surface area contributed by atoms with Crippen molar-refractivity contribution >= 4 is 12.2 Å². The topological polar surface area (TPSA) is 99.5 Å². The van der Waals surface area contributed by atoms with Gasteiger partial charge in [0.05, 0.1) is 24.3 Å². The molecular formula is C34H44F2N2O6. The van der Waals surface area contributed by atoms with E-state index in [1.807, 2.05) is 13.8 Å². The molecule has 2 amide bonds. The van der Waals surface area contributed by atoms with Crippen LogP contribution in [0, 0.1) is 11.6 Å². The zero-order valence-electron chi connectivity index (χ0n) is 25.6. The molecule has 2 aliphatic carbocycles. The Morgan fingerprint density at radius 2 is 0.955 bits per heavy atom. The fraction of sp³-hybridized carbons (Fsp3) is 0.588. The minimum absolute atomic E-state index is 0.139. The number of aliphatic hydroxyl groups is 2. The largest absolute Gasteiger partial charge is 0.443 e. The molecule has 2 atom stereocenters. The van der Waals surface area contributed by atoms with E-state index in [0.29, 0.717) is 38.8 Å². The zero-order valence-corrected chi connectivity index (χ0v) is 25.6. The van der Waals surface area contributed by atoms with Crippen LogP contribution in [0.3, 0.4) is 0 Å². The lowest BCUT2D eigenvalue weighted by Crippen LogP contribution is -2.52. The van der Waals surface area contributed by atoms with Crippen molar-refractivity contribution in [2.75, 3.05) is 13.1 Å². The van der Waals surface area contributed by atoms with E-state index >= 15 is 0 Å². The molecule has 240 valence electrons. The third-order valence-corrected chi connectivity index (χ3v) is 10.1. The molecule has 2 saturated carbocycles. The Kier molecular flexibility index (Phi) is 9.80. The first-order valence-electron chi connectivity index (χ1n) is 15.8. The van der Waals surface area contributed by atoms with Crippen LogP contribution in [0.2, 0.25) is 0 Å². The SMILES string of the molecule is C[C@@H](c1ccc(F)cc1)N1CCC2(CCC(O)CC2)OC1=O.C[C@@H](c1ccc(F)cc1)N1CCC2(CCC(O)CC2)OC1=O. The van der Waals surface area contributed by atoms with Gasteiger partial charge in [0.2, 0.25) is 0 Å². The molecule has 0 aromatic heterocycles. The maximum Gasteiger partial charge on any atom is 0.410 e. The fourth-order valence-electron chi connectivity index (χ4n) is 6.93. The molecule has 0 unspecified atom stereocenters. The number of amides is 2. The molecule has 0 bridgehead atoms. The number of ether oxygens (including phenoxy) is 2. The van der Waals surface area contributed by atoms with Gasteiger partial charge in [-0.3, -0.25) is 0 Å². The lowest BCUT2D eigenvalue weighted by atomic mass is 9.80. The lowest BCUT2D eigenvalue weighted by molar-refractivity contribution is -0.0911. The van der Waals surface area contributed by atoms with E-state index in [2.05, 4.69) is 0 Å². The Morgan fingerprint density at radius 1 is 0.636 bits per heavy atom. The monoisotopic (exact) mass is 614 g/mol. The van der Waals surface area contributed by atoms with Crippen molar-refractivity contribution < 1.29 is 38.1 Å². The van der Waals surface area contributed by atoms with E-state index in [-0.39, 0.29) is 48.1 Å². The van der Waals surface area contributed by atoms with Gasteiger partial charge in [-0.1, -0.05) is 24.3 Å². The summed E-state index contributed by atoms with van der Waals surface area (Å²) < 4.78 is 37.5. The van der Waals surface area contributed by atoms with Crippen molar-refractivity contribution in [1.82, 2.24) is 9.80 Å². The van der Waals surface area contributed by atoms with Gasteiger partial charge in [-0.05, 0) is 101 Å². The molecule has 2 aromatic rings. The van der Waals surface area contributed by atoms with E-state index in [0.717, 1.165) is 49.7 Å². The first-order chi connectivity index (χ1) is 21.0. The summed E-state index contributed by atoms with van der Waals surface area (Å²) in [4.78, 5) is 28.2. The van der Waals surface area contributed by atoms with E-state index in [1.165, 1.54) is 24.3 Å². The number of halogens is 2. The predicted octanol–water partition coefficient (Wildman–Crippen LogP) is 6.81. The van der Waals surface area contributed by atoms with Crippen molar-refractivity contribution in [3.63, 3.8) is 0 Å². The Labute approximate surface area is 257 Å². The minimum atomic E-state index is -0.394. The molecule has 0 radical (unpaired) electrons. The second-order valence-corrected chi connectivity index (χ2v) is 12.9. The number of hydrogen-bond donors (Lipinski definition) is 2. The highest BCUT2D eigenvalue weighted by molar-refractivity contribution is 5.70. The molecule has 2 spiro atoms. The number of carbonyl (C=O) groups excluding carboxylic acids is 2. The molecular weight excluding hydrogens is 570 g/mol. The van der Waals surface area contributed by atoms with Gasteiger partial charge >= 0.3 is 12.2 Å². The second-order valence-electron chi connectivity index (χ2n) is 12.9. The summed E-state index contributed by atoms with van der Waals surface area (Å²) in [7, 11) is 0. The van der Waals surface area contributed by atoms with Crippen molar-refractivity contribution in [2.45, 2.75) is 114 Å². The molecule has 2 heterocycles. The van der Waals surface area contributed by atoms with Gasteiger partial charge in [0, 0.05) is 25.9 Å². The highest BCUT2D eigenvalue weighted by Crippen LogP contribution is 2.41. The highest BCUT2D eigenvalue weighted by atomic mass is 19.1. The Bertz CT molecular complexity index is 1170. The maximum absolute atomic E-state index is 13.0. The maximum atomic E-state index is 13.0. The molecule has 2 saturated heterocycles. The van der Waals surface area contributed by atoms with Crippen LogP contribution in [0.5, 0.6) is 0 Å². The average Bonchev–Trinajstić information content (AvgIpc) is 3.01. The third-order valence-electron chi connectivity index (χ3n) is 10.1. The lowest BCUT2D eigenvalue weighted by Gasteiger charge is -2.45. The predicted molar refractivity (Wildman–Crippen MR) is 160 cm³/mol. The van der Waals surface area contributed by atoms with Crippen LogP contribution < -0.4 is 0 Å². The van der Waals surface area contributed by atoms with Crippen LogP contribution in [0.15, 0.2) is 48.5 Å². The fourth-order valence-corrected chi connectivity index (χ4v) is 6.93. The Morgan fingerprint density at radius 3 is 1.25 bits per heavy atom. The van der Waals surface area contributed by atoms with Crippen LogP contribution in [-0.2, 0) is 9.47 Å². The van der Waals surface area contributed by atoms with Gasteiger partial charge in [0.1, 0.15) is 22.8 Å². The van der Waals surface area contributed by atoms with Gasteiger partial charge in [0.15, 0.2) is 0 Å². The number of rotatable bonds is 4. The van der Waals surface area contributed by atoms with E-state index in [4.69, 9.17) is 9.47 Å². The van der Waals surface area contributed by atoms with Crippen LogP contribution in [0.1, 0.15) is 101 Å². The second kappa shape index (κ2) is 13.4. The average molecular weight is 615 g/mol. The summed E-state index contributed by atoms with van der Waals surface area (Å²) in [6, 6.07) is 12.2. The molecule has 2 N–H and O–H groups in total. The summed E-state index contributed by atoms with van der Waals surface area (Å²) >= 11 is 0. The Balaban J connectivity index is 0.000000175. The summed E-state index contributed by atoms with van der Waals surface area (Å²) in [5.41, 5.74) is 1.01. The summed E-state index contributed by atoms with van der Waals surface area (Å²) in [5.74, 6) is -0.561. The van der Waals surface area contributed by atoms with Gasteiger partial charge < -0.3 is 29.5 Å². The summed E-state index contributed by atoms with van der Waals surface area (Å²) in [5, 5.41) is 19.2. The van der Waals surface area contributed by atoms with Crippen molar-refractivity contribution in [3.8, 4) is 0 Å². The molecule has 4 fully saturated rings. The highest BCUT2D eigenvalue weighted by Gasteiger charge is 2.45. The van der Waals surface area contributed by atoms with Crippen LogP contribution in [0.25, 0.3) is 0 Å². The van der Waals surface area contributed by atoms with Gasteiger partial charge in [-0.2, -0.15) is 0 Å². The van der Waals surface area contributed by atoms with E-state index in [9.17, 15) is 28.6 Å². The molecule has 2 aromatic carbocycles. The molecule has 10 heteroatoms. The van der Waals surface area contributed by atoms with Crippen molar-refractivity contribution in [2.24, 2.45) is 0 Å². The first-order valence-corrected chi connectivity index (χ1v) is 15.8. The van der Waals surface area contributed by atoms with Crippen molar-refractivity contribution in [3.05, 3.63) is 71.3 Å². The van der Waals surface area contributed by atoms with E-state index < -0.39 is 11.2 Å². The van der Waals surface area contributed by atoms with Gasteiger partial charge in [0.25, 0.3) is 0 Å².